The Labute approximate surface area is 190 Å². The monoisotopic (exact) mass is 441 g/mol. The van der Waals surface area contributed by atoms with Gasteiger partial charge < -0.3 is 15.0 Å². The molecule has 0 spiro atoms. The lowest BCUT2D eigenvalue weighted by Gasteiger charge is -2.27. The van der Waals surface area contributed by atoms with Crippen LogP contribution in [0.5, 0.6) is 0 Å². The fourth-order valence-corrected chi connectivity index (χ4v) is 3.91. The maximum absolute atomic E-state index is 12.6. The second-order valence-corrected chi connectivity index (χ2v) is 8.06. The predicted octanol–water partition coefficient (Wildman–Crippen LogP) is 2.01. The summed E-state index contributed by atoms with van der Waals surface area (Å²) in [5.74, 6) is 0.507. The predicted molar refractivity (Wildman–Crippen MR) is 126 cm³/mol. The van der Waals surface area contributed by atoms with Gasteiger partial charge in [-0.3, -0.25) is 19.5 Å². The molecule has 2 aromatic rings. The van der Waals surface area contributed by atoms with Crippen LogP contribution in [0.1, 0.15) is 42.7 Å². The molecular formula is C24H35N5O3. The van der Waals surface area contributed by atoms with Gasteiger partial charge in [0.2, 0.25) is 11.9 Å². The van der Waals surface area contributed by atoms with Crippen molar-refractivity contribution in [3.05, 3.63) is 57.0 Å². The third-order valence-corrected chi connectivity index (χ3v) is 6.01. The third kappa shape index (κ3) is 6.40. The summed E-state index contributed by atoms with van der Waals surface area (Å²) in [6.07, 6.45) is 0.616. The van der Waals surface area contributed by atoms with E-state index in [9.17, 15) is 9.59 Å². The minimum absolute atomic E-state index is 0.0706. The molecule has 32 heavy (non-hydrogen) atoms. The summed E-state index contributed by atoms with van der Waals surface area (Å²) < 4.78 is 5.35. The molecule has 2 N–H and O–H groups in total. The molecule has 1 fully saturated rings. The molecule has 1 aliphatic rings. The molecule has 0 saturated carbocycles. The second kappa shape index (κ2) is 11.8. The van der Waals surface area contributed by atoms with Gasteiger partial charge in [-0.1, -0.05) is 38.1 Å². The Kier molecular flexibility index (Phi) is 8.81. The standard InChI is InChI=1S/C24H35N5O3/c1-4-28(5-2)17-20-9-7-6-8-19(20)16-25-22(30)11-10-21-18(3)26-24(27-23(21)31)29-12-14-32-15-13-29/h6-9H,4-5,10-17H2,1-3H3,(H,25,30)(H,26,27,31). The van der Waals surface area contributed by atoms with Crippen LogP contribution in [0.3, 0.4) is 0 Å². The van der Waals surface area contributed by atoms with E-state index in [0.717, 1.165) is 25.2 Å². The highest BCUT2D eigenvalue weighted by Crippen LogP contribution is 2.13. The molecule has 1 aromatic carbocycles. The molecule has 1 aromatic heterocycles. The average Bonchev–Trinajstić information content (AvgIpc) is 2.81. The van der Waals surface area contributed by atoms with E-state index in [0.29, 0.717) is 56.5 Å². The number of anilines is 1. The summed E-state index contributed by atoms with van der Waals surface area (Å²) in [7, 11) is 0. The number of ether oxygens (including phenoxy) is 1. The van der Waals surface area contributed by atoms with Crippen LogP contribution in [-0.4, -0.2) is 60.2 Å². The zero-order chi connectivity index (χ0) is 22.9. The van der Waals surface area contributed by atoms with Crippen LogP contribution in [0.2, 0.25) is 0 Å². The zero-order valence-corrected chi connectivity index (χ0v) is 19.4. The Balaban J connectivity index is 1.56. The van der Waals surface area contributed by atoms with Crippen LogP contribution in [0.25, 0.3) is 0 Å². The number of hydrogen-bond donors (Lipinski definition) is 2. The Morgan fingerprint density at radius 3 is 2.53 bits per heavy atom. The first-order valence-corrected chi connectivity index (χ1v) is 11.5. The molecule has 0 radical (unpaired) electrons. The number of benzene rings is 1. The topological polar surface area (TPSA) is 90.6 Å². The number of hydrogen-bond acceptors (Lipinski definition) is 6. The fraction of sp³-hybridized carbons (Fsp3) is 0.542. The maximum Gasteiger partial charge on any atom is 0.255 e. The molecule has 8 heteroatoms. The second-order valence-electron chi connectivity index (χ2n) is 8.06. The molecular weight excluding hydrogens is 406 g/mol. The average molecular weight is 442 g/mol. The lowest BCUT2D eigenvalue weighted by molar-refractivity contribution is -0.121. The molecule has 1 saturated heterocycles. The van der Waals surface area contributed by atoms with E-state index >= 15 is 0 Å². The number of rotatable bonds is 10. The summed E-state index contributed by atoms with van der Waals surface area (Å²) in [5, 5.41) is 3.01. The molecule has 0 atom stereocenters. The summed E-state index contributed by atoms with van der Waals surface area (Å²) in [6, 6.07) is 8.21. The van der Waals surface area contributed by atoms with E-state index in [-0.39, 0.29) is 17.9 Å². The molecule has 1 aliphatic heterocycles. The molecule has 1 amide bonds. The smallest absolute Gasteiger partial charge is 0.255 e. The number of carbonyl (C=O) groups excluding carboxylic acids is 1. The Hall–Kier alpha value is -2.71. The van der Waals surface area contributed by atoms with Gasteiger partial charge in [-0.25, -0.2) is 4.98 Å². The van der Waals surface area contributed by atoms with Crippen LogP contribution < -0.4 is 15.8 Å². The number of aryl methyl sites for hydroxylation is 1. The molecule has 174 valence electrons. The van der Waals surface area contributed by atoms with Gasteiger partial charge in [-0.05, 0) is 37.6 Å². The highest BCUT2D eigenvalue weighted by Gasteiger charge is 2.17. The van der Waals surface area contributed by atoms with Crippen molar-refractivity contribution in [2.75, 3.05) is 44.3 Å². The van der Waals surface area contributed by atoms with E-state index < -0.39 is 0 Å². The van der Waals surface area contributed by atoms with Crippen LogP contribution in [-0.2, 0) is 29.0 Å². The van der Waals surface area contributed by atoms with E-state index in [4.69, 9.17) is 4.74 Å². The van der Waals surface area contributed by atoms with E-state index in [1.165, 1.54) is 5.56 Å². The third-order valence-electron chi connectivity index (χ3n) is 6.01. The number of nitrogens with zero attached hydrogens (tertiary/aromatic N) is 3. The first-order valence-electron chi connectivity index (χ1n) is 11.5. The van der Waals surface area contributed by atoms with Crippen molar-refractivity contribution >= 4 is 11.9 Å². The van der Waals surface area contributed by atoms with Crippen molar-refractivity contribution < 1.29 is 9.53 Å². The van der Waals surface area contributed by atoms with Gasteiger partial charge >= 0.3 is 0 Å². The normalized spacial score (nSPS) is 14.1. The first kappa shape index (κ1) is 23.9. The Morgan fingerprint density at radius 2 is 1.88 bits per heavy atom. The minimum atomic E-state index is -0.170. The first-order chi connectivity index (χ1) is 15.5. The summed E-state index contributed by atoms with van der Waals surface area (Å²) in [5.41, 5.74) is 3.42. The number of aromatic amines is 1. The fourth-order valence-electron chi connectivity index (χ4n) is 3.91. The number of morpholine rings is 1. The Bertz CT molecular complexity index is 949. The Morgan fingerprint density at radius 1 is 1.19 bits per heavy atom. The summed E-state index contributed by atoms with van der Waals surface area (Å²) in [4.78, 5) is 36.9. The van der Waals surface area contributed by atoms with Crippen molar-refractivity contribution in [3.8, 4) is 0 Å². The lowest BCUT2D eigenvalue weighted by Crippen LogP contribution is -2.38. The highest BCUT2D eigenvalue weighted by atomic mass is 16.5. The van der Waals surface area contributed by atoms with Crippen LogP contribution in [0.4, 0.5) is 5.95 Å². The van der Waals surface area contributed by atoms with E-state index in [1.807, 2.05) is 24.0 Å². The molecule has 8 nitrogen and oxygen atoms in total. The zero-order valence-electron chi connectivity index (χ0n) is 19.4. The maximum atomic E-state index is 12.6. The number of amides is 1. The number of nitrogens with one attached hydrogen (secondary N) is 2. The van der Waals surface area contributed by atoms with Gasteiger partial charge in [-0.15, -0.1) is 0 Å². The quantitative estimate of drug-likeness (QED) is 0.586. The van der Waals surface area contributed by atoms with Gasteiger partial charge in [-0.2, -0.15) is 0 Å². The van der Waals surface area contributed by atoms with Gasteiger partial charge in [0.05, 0.1) is 13.2 Å². The number of carbonyl (C=O) groups is 1. The van der Waals surface area contributed by atoms with Crippen molar-refractivity contribution in [2.45, 2.75) is 46.7 Å². The minimum Gasteiger partial charge on any atom is -0.378 e. The van der Waals surface area contributed by atoms with Gasteiger partial charge in [0.25, 0.3) is 5.56 Å². The molecule has 2 heterocycles. The molecule has 0 aliphatic carbocycles. The van der Waals surface area contributed by atoms with Crippen molar-refractivity contribution in [2.24, 2.45) is 0 Å². The van der Waals surface area contributed by atoms with E-state index in [1.54, 1.807) is 0 Å². The van der Waals surface area contributed by atoms with Gasteiger partial charge in [0.1, 0.15) is 0 Å². The lowest BCUT2D eigenvalue weighted by atomic mass is 10.1. The van der Waals surface area contributed by atoms with Crippen molar-refractivity contribution in [1.82, 2.24) is 20.2 Å². The van der Waals surface area contributed by atoms with E-state index in [2.05, 4.69) is 46.2 Å². The highest BCUT2D eigenvalue weighted by molar-refractivity contribution is 5.76. The van der Waals surface area contributed by atoms with Gasteiger partial charge in [0, 0.05) is 43.9 Å². The molecule has 0 unspecified atom stereocenters. The summed E-state index contributed by atoms with van der Waals surface area (Å²) >= 11 is 0. The molecule has 0 bridgehead atoms. The number of H-pyrrole nitrogens is 1. The molecule has 3 rings (SSSR count). The van der Waals surface area contributed by atoms with Gasteiger partial charge in [0.15, 0.2) is 0 Å². The largest absolute Gasteiger partial charge is 0.378 e. The van der Waals surface area contributed by atoms with Crippen LogP contribution in [0, 0.1) is 6.92 Å². The van der Waals surface area contributed by atoms with Crippen LogP contribution in [0.15, 0.2) is 29.1 Å². The van der Waals surface area contributed by atoms with Crippen molar-refractivity contribution in [1.29, 1.82) is 0 Å². The van der Waals surface area contributed by atoms with Crippen molar-refractivity contribution in [3.63, 3.8) is 0 Å². The SMILES string of the molecule is CCN(CC)Cc1ccccc1CNC(=O)CCc1c(C)nc(N2CCOCC2)[nH]c1=O. The number of aromatic nitrogens is 2. The summed E-state index contributed by atoms with van der Waals surface area (Å²) in [6.45, 7) is 12.1. The van der Waals surface area contributed by atoms with Crippen LogP contribution >= 0.6 is 0 Å².